The van der Waals surface area contributed by atoms with Crippen LogP contribution >= 0.6 is 0 Å². The molecule has 5 aromatic carbocycles. The summed E-state index contributed by atoms with van der Waals surface area (Å²) in [4.78, 5) is 29.2. The molecule has 0 aromatic heterocycles. The number of aliphatic hydroxyl groups excluding tert-OH is 2. The van der Waals surface area contributed by atoms with E-state index in [9.17, 15) is 19.8 Å². The van der Waals surface area contributed by atoms with Crippen molar-refractivity contribution in [1.29, 1.82) is 0 Å². The normalized spacial score (nSPS) is 11.4. The van der Waals surface area contributed by atoms with Gasteiger partial charge in [0.1, 0.15) is 63.3 Å². The molecule has 0 fully saturated rings. The second-order valence-electron chi connectivity index (χ2n) is 24.0. The number of rotatable bonds is 75. The van der Waals surface area contributed by atoms with Gasteiger partial charge in [-0.2, -0.15) is 0 Å². The Morgan fingerprint density at radius 2 is 0.562 bits per heavy atom. The van der Waals surface area contributed by atoms with Crippen LogP contribution in [0.25, 0.3) is 0 Å². The predicted octanol–water partition coefficient (Wildman–Crippen LogP) is 6.08. The van der Waals surface area contributed by atoms with Crippen molar-refractivity contribution in [3.05, 3.63) is 131 Å². The van der Waals surface area contributed by atoms with E-state index in [1.807, 2.05) is 78.9 Å². The molecular weight excluding hydrogens is 1470 g/mol. The summed E-state index contributed by atoms with van der Waals surface area (Å²) in [5.74, 6) is 0.189. The van der Waals surface area contributed by atoms with Gasteiger partial charge in [-0.05, 0) is 65.2 Å². The maximum absolute atomic E-state index is 14.7. The molecular formula is C80H119NO31. The van der Waals surface area contributed by atoms with Crippen LogP contribution in [-0.2, 0) is 110 Å². The van der Waals surface area contributed by atoms with Gasteiger partial charge in [-0.3, -0.25) is 4.79 Å². The highest BCUT2D eigenvalue weighted by Crippen LogP contribution is 2.41. The van der Waals surface area contributed by atoms with Crippen LogP contribution in [0.3, 0.4) is 0 Å². The van der Waals surface area contributed by atoms with Gasteiger partial charge in [-0.25, -0.2) is 4.79 Å². The lowest BCUT2D eigenvalue weighted by Gasteiger charge is -2.30. The number of ether oxygens (including phenoxy) is 27. The molecule has 0 saturated carbocycles. The molecule has 0 aliphatic rings. The molecule has 0 unspecified atom stereocenters. The Kier molecular flexibility index (Phi) is 54.4. The summed E-state index contributed by atoms with van der Waals surface area (Å²) < 4.78 is 155. The molecule has 5 rings (SSSR count). The van der Waals surface area contributed by atoms with Gasteiger partial charge in [0.15, 0.2) is 23.0 Å². The first-order valence-corrected chi connectivity index (χ1v) is 37.5. The summed E-state index contributed by atoms with van der Waals surface area (Å²) >= 11 is 0. The van der Waals surface area contributed by atoms with Crippen LogP contribution in [0, 0.1) is 0 Å². The summed E-state index contributed by atoms with van der Waals surface area (Å²) in [5.41, 5.74) is 0.895. The lowest BCUT2D eigenvalue weighted by molar-refractivity contribution is 0.00355. The topological polar surface area (TPSA) is 336 Å². The fraction of sp³-hybridized carbons (Fsp3) is 0.600. The quantitative estimate of drug-likeness (QED) is 0.0293. The second-order valence-corrected chi connectivity index (χ2v) is 24.0. The van der Waals surface area contributed by atoms with Gasteiger partial charge in [0.25, 0.3) is 5.91 Å². The summed E-state index contributed by atoms with van der Waals surface area (Å²) in [6.07, 6.45) is 0. The zero-order chi connectivity index (χ0) is 79.7. The number of carbonyl (C=O) groups excluding carboxylic acids is 2. The lowest BCUT2D eigenvalue weighted by atomic mass is 10.0. The number of esters is 1. The molecule has 32 heteroatoms. The fourth-order valence-electron chi connectivity index (χ4n) is 9.52. The number of methoxy groups -OCH3 is 5. The number of aliphatic hydroxyl groups is 2. The van der Waals surface area contributed by atoms with E-state index in [-0.39, 0.29) is 178 Å². The van der Waals surface area contributed by atoms with Gasteiger partial charge in [0, 0.05) is 26.9 Å². The molecule has 112 heavy (non-hydrogen) atoms. The average molecular weight is 1590 g/mol. The summed E-state index contributed by atoms with van der Waals surface area (Å²) in [6, 6.07) is 30.7. The molecule has 0 saturated heterocycles. The van der Waals surface area contributed by atoms with Crippen LogP contribution in [0.1, 0.15) is 37.4 Å². The highest BCUT2D eigenvalue weighted by atomic mass is 16.6. The van der Waals surface area contributed by atoms with Crippen molar-refractivity contribution in [3.63, 3.8) is 0 Å². The molecule has 3 N–H and O–H groups in total. The number of benzene rings is 5. The van der Waals surface area contributed by atoms with Crippen LogP contribution in [0.15, 0.2) is 103 Å². The van der Waals surface area contributed by atoms with Crippen LogP contribution < -0.4 is 43.2 Å². The van der Waals surface area contributed by atoms with E-state index < -0.39 is 37.2 Å². The molecule has 0 heterocycles. The number of hydrogen-bond acceptors (Lipinski definition) is 31. The van der Waals surface area contributed by atoms with Crippen molar-refractivity contribution in [2.45, 2.75) is 25.4 Å². The summed E-state index contributed by atoms with van der Waals surface area (Å²) in [7, 11) is 7.98. The van der Waals surface area contributed by atoms with E-state index >= 15 is 0 Å². The minimum atomic E-state index is -1.99. The number of hydrogen-bond donors (Lipinski definition) is 3. The Morgan fingerprint density at radius 3 is 0.848 bits per heavy atom. The van der Waals surface area contributed by atoms with E-state index in [2.05, 4.69) is 5.32 Å². The summed E-state index contributed by atoms with van der Waals surface area (Å²) in [5, 5.41) is 24.8. The predicted molar refractivity (Wildman–Crippen MR) is 407 cm³/mol. The van der Waals surface area contributed by atoms with Gasteiger partial charge < -0.3 is 143 Å². The highest BCUT2D eigenvalue weighted by Gasteiger charge is 2.35. The van der Waals surface area contributed by atoms with E-state index in [0.29, 0.717) is 126 Å². The third-order valence-electron chi connectivity index (χ3n) is 15.5. The molecule has 630 valence electrons. The van der Waals surface area contributed by atoms with Crippen molar-refractivity contribution in [2.24, 2.45) is 0 Å². The molecule has 32 nitrogen and oxygen atoms in total. The minimum Gasteiger partial charge on any atom is -0.497 e. The van der Waals surface area contributed by atoms with Gasteiger partial charge in [-0.1, -0.05) is 54.6 Å². The third-order valence-corrected chi connectivity index (χ3v) is 15.5. The van der Waals surface area contributed by atoms with Crippen LogP contribution in [0.4, 0.5) is 0 Å². The standard InChI is InChI=1S/C80H119NO31/c1-86-19-22-91-25-31-97-43-49-106-72-55-68(56-73(107-50-44-98-32-26-92-23-20-87-2)76(72)110-53-47-101-33-27-93-24-21-88-3)78(84)81-80(62-82,63-83)64-112-79(85)69-57-74(108-51-45-99-34-28-94-38-41-104-60-66-11-15-70(89-4)16-12-66)77(111-54-48-102-36-30-96-37-40-103-59-65-9-7-6-8-10-65)75(58-69)109-52-46-100-35-29-95-39-42-105-61-67-13-17-71(90-5)18-14-67/h6-18,55-58,82-83H,19-54,59-64H2,1-5H3,(H,81,84). The first-order chi connectivity index (χ1) is 55.2. The first kappa shape index (κ1) is 95.2. The number of carbonyl (C=O) groups is 2. The molecule has 0 atom stereocenters. The molecule has 0 spiro atoms. The molecule has 1 amide bonds. The van der Waals surface area contributed by atoms with Crippen molar-refractivity contribution < 1.29 is 148 Å². The zero-order valence-electron chi connectivity index (χ0n) is 65.7. The molecule has 0 aliphatic heterocycles. The number of amides is 1. The van der Waals surface area contributed by atoms with Crippen molar-refractivity contribution in [2.75, 3.05) is 293 Å². The Morgan fingerprint density at radius 1 is 0.304 bits per heavy atom. The molecule has 5 aromatic rings. The smallest absolute Gasteiger partial charge is 0.338 e. The minimum absolute atomic E-state index is 0.000237. The highest BCUT2D eigenvalue weighted by molar-refractivity contribution is 5.96. The monoisotopic (exact) mass is 1590 g/mol. The van der Waals surface area contributed by atoms with Crippen LogP contribution in [0.2, 0.25) is 0 Å². The van der Waals surface area contributed by atoms with Crippen LogP contribution in [-0.4, -0.2) is 321 Å². The van der Waals surface area contributed by atoms with Crippen molar-refractivity contribution in [3.8, 4) is 46.0 Å². The van der Waals surface area contributed by atoms with E-state index in [0.717, 1.165) is 28.2 Å². The second kappa shape index (κ2) is 64.0. The van der Waals surface area contributed by atoms with Gasteiger partial charge in [0.05, 0.1) is 251 Å². The number of nitrogens with one attached hydrogen (secondary N) is 1. The Hall–Kier alpha value is -7.36. The van der Waals surface area contributed by atoms with Crippen molar-refractivity contribution in [1.82, 2.24) is 5.32 Å². The van der Waals surface area contributed by atoms with E-state index in [1.54, 1.807) is 35.5 Å². The Balaban J connectivity index is 1.33. The first-order valence-electron chi connectivity index (χ1n) is 37.5. The van der Waals surface area contributed by atoms with Crippen molar-refractivity contribution >= 4 is 11.9 Å². The molecule has 0 bridgehead atoms. The SMILES string of the molecule is COCCOCCOCCOc1cc(C(=O)NC(CO)(CO)COC(=O)c2cc(OCCOCCOCCOCc3ccc(OC)cc3)c(OCCOCCOCCOCc3ccccc3)c(OCCOCCOCCOCc3ccc(OC)cc3)c2)cc(OCCOCCOCCOC)c1OCCOCCOCCOC. The lowest BCUT2D eigenvalue weighted by Crippen LogP contribution is -2.57. The van der Waals surface area contributed by atoms with Gasteiger partial charge in [0.2, 0.25) is 11.5 Å². The molecule has 0 radical (unpaired) electrons. The third kappa shape index (κ3) is 43.2. The summed E-state index contributed by atoms with van der Waals surface area (Å²) in [6.45, 7) is 7.24. The fourth-order valence-corrected chi connectivity index (χ4v) is 9.52. The maximum Gasteiger partial charge on any atom is 0.338 e. The Bertz CT molecular complexity index is 2980. The van der Waals surface area contributed by atoms with Gasteiger partial charge in [-0.15, -0.1) is 0 Å². The van der Waals surface area contributed by atoms with E-state index in [1.165, 1.54) is 24.3 Å². The van der Waals surface area contributed by atoms with Gasteiger partial charge >= 0.3 is 5.97 Å². The average Bonchev–Trinajstić information content (AvgIpc) is 0.816. The Labute approximate surface area is 657 Å². The maximum atomic E-state index is 14.7. The van der Waals surface area contributed by atoms with E-state index in [4.69, 9.17) is 128 Å². The van der Waals surface area contributed by atoms with Crippen LogP contribution in [0.5, 0.6) is 46.0 Å². The zero-order valence-corrected chi connectivity index (χ0v) is 65.7. The molecule has 0 aliphatic carbocycles. The largest absolute Gasteiger partial charge is 0.497 e.